The standard InChI is InChI=1S/C18H20N2O4/c1-11-5-4-6-13-16(11)20-14(23-13)10-19-17(22)12-9-15(21)24-18(12)7-2-3-8-18/h4-6,12H,2-3,7-10H2,1H3,(H,19,22)/t12-/m0/s1. The number of benzene rings is 1. The van der Waals surface area contributed by atoms with E-state index in [1.807, 2.05) is 25.1 Å². The summed E-state index contributed by atoms with van der Waals surface area (Å²) in [7, 11) is 0. The van der Waals surface area contributed by atoms with Crippen molar-refractivity contribution in [1.29, 1.82) is 0 Å². The highest BCUT2D eigenvalue weighted by molar-refractivity contribution is 5.88. The van der Waals surface area contributed by atoms with Crippen LogP contribution in [0.1, 0.15) is 43.6 Å². The van der Waals surface area contributed by atoms with Crippen LogP contribution in [0, 0.1) is 12.8 Å². The summed E-state index contributed by atoms with van der Waals surface area (Å²) in [5, 5.41) is 2.87. The number of ether oxygens (including phenoxy) is 1. The number of aromatic nitrogens is 1. The van der Waals surface area contributed by atoms with Crippen molar-refractivity contribution >= 4 is 23.0 Å². The first-order valence-corrected chi connectivity index (χ1v) is 8.42. The van der Waals surface area contributed by atoms with Gasteiger partial charge in [0.15, 0.2) is 5.58 Å². The summed E-state index contributed by atoms with van der Waals surface area (Å²) in [6.45, 7) is 2.19. The Morgan fingerprint density at radius 3 is 2.92 bits per heavy atom. The van der Waals surface area contributed by atoms with Gasteiger partial charge in [-0.1, -0.05) is 12.1 Å². The van der Waals surface area contributed by atoms with Gasteiger partial charge in [-0.25, -0.2) is 4.98 Å². The van der Waals surface area contributed by atoms with Crippen molar-refractivity contribution in [1.82, 2.24) is 10.3 Å². The third kappa shape index (κ3) is 2.46. The number of esters is 1. The minimum absolute atomic E-state index is 0.151. The number of amides is 1. The minimum atomic E-state index is -0.584. The highest BCUT2D eigenvalue weighted by Crippen LogP contribution is 2.45. The van der Waals surface area contributed by atoms with Crippen molar-refractivity contribution in [2.24, 2.45) is 5.92 Å². The fraction of sp³-hybridized carbons (Fsp3) is 0.500. The summed E-state index contributed by atoms with van der Waals surface area (Å²) in [5.41, 5.74) is 1.98. The maximum Gasteiger partial charge on any atom is 0.307 e. The molecular formula is C18H20N2O4. The molecule has 0 radical (unpaired) electrons. The van der Waals surface area contributed by atoms with Crippen molar-refractivity contribution in [2.45, 2.75) is 51.2 Å². The lowest BCUT2D eigenvalue weighted by atomic mass is 9.85. The van der Waals surface area contributed by atoms with E-state index in [1.54, 1.807) is 0 Å². The monoisotopic (exact) mass is 328 g/mol. The molecule has 1 spiro atoms. The molecule has 4 rings (SSSR count). The van der Waals surface area contributed by atoms with Crippen LogP contribution in [-0.2, 0) is 20.9 Å². The Morgan fingerprint density at radius 2 is 2.17 bits per heavy atom. The van der Waals surface area contributed by atoms with Crippen LogP contribution in [0.2, 0.25) is 0 Å². The number of carbonyl (C=O) groups excluding carboxylic acids is 2. The van der Waals surface area contributed by atoms with E-state index in [2.05, 4.69) is 10.3 Å². The smallest absolute Gasteiger partial charge is 0.307 e. The molecule has 0 unspecified atom stereocenters. The predicted octanol–water partition coefficient (Wildman–Crippen LogP) is 2.63. The van der Waals surface area contributed by atoms with Gasteiger partial charge in [0.1, 0.15) is 11.1 Å². The van der Waals surface area contributed by atoms with Crippen LogP contribution in [-0.4, -0.2) is 22.5 Å². The maximum atomic E-state index is 12.6. The van der Waals surface area contributed by atoms with E-state index in [0.717, 1.165) is 36.8 Å². The molecule has 1 aromatic carbocycles. The molecule has 2 heterocycles. The molecule has 0 bridgehead atoms. The average molecular weight is 328 g/mol. The van der Waals surface area contributed by atoms with E-state index in [-0.39, 0.29) is 24.8 Å². The number of nitrogens with zero attached hydrogens (tertiary/aromatic N) is 1. The van der Waals surface area contributed by atoms with Crippen LogP contribution >= 0.6 is 0 Å². The van der Waals surface area contributed by atoms with Gasteiger partial charge >= 0.3 is 5.97 Å². The van der Waals surface area contributed by atoms with Crippen molar-refractivity contribution in [3.8, 4) is 0 Å². The summed E-state index contributed by atoms with van der Waals surface area (Å²) >= 11 is 0. The molecular weight excluding hydrogens is 308 g/mol. The van der Waals surface area contributed by atoms with Crippen LogP contribution in [0.15, 0.2) is 22.6 Å². The molecule has 6 heteroatoms. The molecule has 1 aliphatic heterocycles. The van der Waals surface area contributed by atoms with E-state index >= 15 is 0 Å². The van der Waals surface area contributed by atoms with Gasteiger partial charge in [-0.2, -0.15) is 0 Å². The third-order valence-corrected chi connectivity index (χ3v) is 5.17. The number of nitrogens with one attached hydrogen (secondary N) is 1. The van der Waals surface area contributed by atoms with Crippen LogP contribution in [0.5, 0.6) is 0 Å². The van der Waals surface area contributed by atoms with Crippen LogP contribution in [0.4, 0.5) is 0 Å². The lowest BCUT2D eigenvalue weighted by molar-refractivity contribution is -0.150. The molecule has 1 aliphatic carbocycles. The molecule has 1 saturated heterocycles. The normalized spacial score (nSPS) is 22.2. The first-order valence-electron chi connectivity index (χ1n) is 8.42. The van der Waals surface area contributed by atoms with E-state index in [1.165, 1.54) is 0 Å². The van der Waals surface area contributed by atoms with Gasteiger partial charge in [0.25, 0.3) is 0 Å². The molecule has 2 fully saturated rings. The fourth-order valence-corrected chi connectivity index (χ4v) is 3.94. The van der Waals surface area contributed by atoms with Gasteiger partial charge in [-0.15, -0.1) is 0 Å². The number of aryl methyl sites for hydroxylation is 1. The minimum Gasteiger partial charge on any atom is -0.458 e. The highest BCUT2D eigenvalue weighted by Gasteiger charge is 2.53. The van der Waals surface area contributed by atoms with E-state index < -0.39 is 11.5 Å². The van der Waals surface area contributed by atoms with Gasteiger partial charge in [0, 0.05) is 0 Å². The molecule has 24 heavy (non-hydrogen) atoms. The number of carbonyl (C=O) groups is 2. The second-order valence-corrected chi connectivity index (χ2v) is 6.75. The lowest BCUT2D eigenvalue weighted by Crippen LogP contribution is -2.42. The molecule has 6 nitrogen and oxygen atoms in total. The second-order valence-electron chi connectivity index (χ2n) is 6.75. The summed E-state index contributed by atoms with van der Waals surface area (Å²) in [4.78, 5) is 28.7. The number of oxazole rings is 1. The average Bonchev–Trinajstić information content (AvgIpc) is 3.25. The number of hydrogen-bond donors (Lipinski definition) is 1. The van der Waals surface area contributed by atoms with E-state index in [9.17, 15) is 9.59 Å². The van der Waals surface area contributed by atoms with Crippen molar-refractivity contribution < 1.29 is 18.7 Å². The summed E-state index contributed by atoms with van der Waals surface area (Å²) in [6, 6.07) is 5.74. The molecule has 1 amide bonds. The van der Waals surface area contributed by atoms with Crippen LogP contribution < -0.4 is 5.32 Å². The molecule has 1 N–H and O–H groups in total. The summed E-state index contributed by atoms with van der Waals surface area (Å²) in [5.74, 6) is -0.353. The van der Waals surface area contributed by atoms with Gasteiger partial charge in [0.05, 0.1) is 18.9 Å². The number of para-hydroxylation sites is 1. The molecule has 126 valence electrons. The number of fused-ring (bicyclic) bond motifs is 1. The Kier molecular flexibility index (Phi) is 3.55. The fourth-order valence-electron chi connectivity index (χ4n) is 3.94. The maximum absolute atomic E-state index is 12.6. The first-order chi connectivity index (χ1) is 11.6. The van der Waals surface area contributed by atoms with Crippen molar-refractivity contribution in [3.63, 3.8) is 0 Å². The topological polar surface area (TPSA) is 81.4 Å². The molecule has 1 aromatic heterocycles. The Bertz CT molecular complexity index is 804. The lowest BCUT2D eigenvalue weighted by Gasteiger charge is -2.27. The van der Waals surface area contributed by atoms with Crippen molar-refractivity contribution in [3.05, 3.63) is 29.7 Å². The highest BCUT2D eigenvalue weighted by atomic mass is 16.6. The molecule has 1 saturated carbocycles. The Labute approximate surface area is 139 Å². The van der Waals surface area contributed by atoms with Crippen LogP contribution in [0.25, 0.3) is 11.1 Å². The van der Waals surface area contributed by atoms with Gasteiger partial charge in [-0.3, -0.25) is 9.59 Å². The quantitative estimate of drug-likeness (QED) is 0.876. The van der Waals surface area contributed by atoms with Gasteiger partial charge in [-0.05, 0) is 44.2 Å². The molecule has 1 atom stereocenters. The van der Waals surface area contributed by atoms with Crippen molar-refractivity contribution in [2.75, 3.05) is 0 Å². The Morgan fingerprint density at radius 1 is 1.38 bits per heavy atom. The summed E-state index contributed by atoms with van der Waals surface area (Å²) < 4.78 is 11.2. The zero-order valence-corrected chi connectivity index (χ0v) is 13.6. The second kappa shape index (κ2) is 5.61. The largest absolute Gasteiger partial charge is 0.458 e. The summed E-state index contributed by atoms with van der Waals surface area (Å²) in [6.07, 6.45) is 3.72. The first kappa shape index (κ1) is 15.2. The predicted molar refractivity (Wildman–Crippen MR) is 86.0 cm³/mol. The number of hydrogen-bond acceptors (Lipinski definition) is 5. The third-order valence-electron chi connectivity index (χ3n) is 5.17. The zero-order chi connectivity index (χ0) is 16.7. The SMILES string of the molecule is Cc1cccc2oc(CNC(=O)[C@@H]3CC(=O)OC34CCCC4)nc12. The number of rotatable bonds is 3. The van der Waals surface area contributed by atoms with E-state index in [4.69, 9.17) is 9.15 Å². The Hall–Kier alpha value is -2.37. The zero-order valence-electron chi connectivity index (χ0n) is 13.6. The molecule has 2 aromatic rings. The Balaban J connectivity index is 1.47. The van der Waals surface area contributed by atoms with Gasteiger partial charge in [0.2, 0.25) is 11.8 Å². The molecule has 2 aliphatic rings. The van der Waals surface area contributed by atoms with E-state index in [0.29, 0.717) is 11.5 Å². The van der Waals surface area contributed by atoms with Gasteiger partial charge < -0.3 is 14.5 Å². The van der Waals surface area contributed by atoms with Crippen LogP contribution in [0.3, 0.4) is 0 Å².